The molecule has 0 bridgehead atoms. The second-order valence-corrected chi connectivity index (χ2v) is 6.91. The molecule has 0 aliphatic heterocycles. The highest BCUT2D eigenvalue weighted by molar-refractivity contribution is 14.1. The number of hydrogen-bond acceptors (Lipinski definition) is 3. The minimum Gasteiger partial charge on any atom is -0.323 e. The first kappa shape index (κ1) is 17.6. The van der Waals surface area contributed by atoms with Crippen molar-refractivity contribution in [2.45, 2.75) is 6.54 Å². The number of nitrogens with zero attached hydrogens (tertiary/aromatic N) is 2. The van der Waals surface area contributed by atoms with Crippen molar-refractivity contribution < 1.29 is 4.79 Å². The summed E-state index contributed by atoms with van der Waals surface area (Å²) in [5.41, 5.74) is 1.65. The van der Waals surface area contributed by atoms with Gasteiger partial charge in [0.05, 0.1) is 16.4 Å². The van der Waals surface area contributed by atoms with Crippen molar-refractivity contribution in [3.63, 3.8) is 0 Å². The fourth-order valence-corrected chi connectivity index (χ4v) is 3.14. The number of amides is 1. The second kappa shape index (κ2) is 7.79. The number of nitrogens with one attached hydrogen (secondary N) is 1. The summed E-state index contributed by atoms with van der Waals surface area (Å²) in [6.45, 7) is -0.193. The molecule has 0 spiro atoms. The third-order valence-electron chi connectivity index (χ3n) is 3.43. The van der Waals surface area contributed by atoms with E-state index in [1.54, 1.807) is 18.2 Å². The van der Waals surface area contributed by atoms with Crippen LogP contribution in [0, 0.1) is 3.57 Å². The van der Waals surface area contributed by atoms with E-state index in [0.29, 0.717) is 16.4 Å². The van der Waals surface area contributed by atoms with Gasteiger partial charge in [-0.05, 0) is 46.9 Å². The van der Waals surface area contributed by atoms with E-state index in [1.807, 2.05) is 36.4 Å². The average Bonchev–Trinajstić information content (AvgIpc) is 2.60. The molecule has 2 aromatic carbocycles. The monoisotopic (exact) mass is 465 g/mol. The highest BCUT2D eigenvalue weighted by Crippen LogP contribution is 2.23. The molecule has 1 N–H and O–H groups in total. The van der Waals surface area contributed by atoms with E-state index >= 15 is 0 Å². The van der Waals surface area contributed by atoms with Crippen LogP contribution in [-0.4, -0.2) is 15.7 Å². The van der Waals surface area contributed by atoms with Crippen molar-refractivity contribution in [1.82, 2.24) is 9.78 Å². The fourth-order valence-electron chi connectivity index (χ4n) is 2.24. The Morgan fingerprint density at radius 2 is 1.88 bits per heavy atom. The van der Waals surface area contributed by atoms with Gasteiger partial charge in [0.25, 0.3) is 5.56 Å². The topological polar surface area (TPSA) is 64.0 Å². The van der Waals surface area contributed by atoms with Crippen LogP contribution in [0.2, 0.25) is 5.02 Å². The SMILES string of the molecule is O=C(Cn1nc(-c2ccccc2)ccc1=O)Nc1ccc(I)cc1Cl. The summed E-state index contributed by atoms with van der Waals surface area (Å²) in [5.74, 6) is -0.372. The zero-order valence-electron chi connectivity index (χ0n) is 12.9. The van der Waals surface area contributed by atoms with Crippen LogP contribution in [0.5, 0.6) is 0 Å². The predicted octanol–water partition coefficient (Wildman–Crippen LogP) is 3.81. The van der Waals surface area contributed by atoms with Crippen LogP contribution in [-0.2, 0) is 11.3 Å². The molecule has 0 aliphatic rings. The molecule has 1 aromatic heterocycles. The normalized spacial score (nSPS) is 10.5. The highest BCUT2D eigenvalue weighted by Gasteiger charge is 2.10. The molecular formula is C18H13ClIN3O2. The van der Waals surface area contributed by atoms with Gasteiger partial charge in [-0.15, -0.1) is 0 Å². The number of rotatable bonds is 4. The summed E-state index contributed by atoms with van der Waals surface area (Å²) in [5, 5.41) is 7.41. The molecule has 1 amide bonds. The van der Waals surface area contributed by atoms with Crippen molar-refractivity contribution in [3.05, 3.63) is 79.6 Å². The van der Waals surface area contributed by atoms with Crippen molar-refractivity contribution in [3.8, 4) is 11.3 Å². The Balaban J connectivity index is 1.80. The lowest BCUT2D eigenvalue weighted by molar-refractivity contribution is -0.117. The van der Waals surface area contributed by atoms with Crippen molar-refractivity contribution >= 4 is 45.8 Å². The van der Waals surface area contributed by atoms with Crippen LogP contribution in [0.15, 0.2) is 65.5 Å². The molecule has 0 fully saturated rings. The lowest BCUT2D eigenvalue weighted by atomic mass is 10.1. The van der Waals surface area contributed by atoms with E-state index in [9.17, 15) is 9.59 Å². The predicted molar refractivity (Wildman–Crippen MR) is 107 cm³/mol. The molecule has 126 valence electrons. The Morgan fingerprint density at radius 1 is 1.12 bits per heavy atom. The summed E-state index contributed by atoms with van der Waals surface area (Å²) >= 11 is 8.24. The van der Waals surface area contributed by atoms with Crippen molar-refractivity contribution in [2.75, 3.05) is 5.32 Å². The summed E-state index contributed by atoms with van der Waals surface area (Å²) in [4.78, 5) is 24.2. The minimum atomic E-state index is -0.372. The van der Waals surface area contributed by atoms with Crippen LogP contribution < -0.4 is 10.9 Å². The number of carbonyl (C=O) groups is 1. The molecule has 0 saturated heterocycles. The Kier molecular flexibility index (Phi) is 5.50. The molecule has 0 atom stereocenters. The summed E-state index contributed by atoms with van der Waals surface area (Å²) in [6.07, 6.45) is 0. The third-order valence-corrected chi connectivity index (χ3v) is 4.42. The van der Waals surface area contributed by atoms with Gasteiger partial charge < -0.3 is 5.32 Å². The zero-order valence-corrected chi connectivity index (χ0v) is 15.9. The minimum absolute atomic E-state index is 0.193. The van der Waals surface area contributed by atoms with Crippen molar-refractivity contribution in [2.24, 2.45) is 0 Å². The highest BCUT2D eigenvalue weighted by atomic mass is 127. The van der Waals surface area contributed by atoms with Crippen LogP contribution in [0.25, 0.3) is 11.3 Å². The molecule has 5 nitrogen and oxygen atoms in total. The first-order chi connectivity index (χ1) is 12.0. The van der Waals surface area contributed by atoms with Crippen LogP contribution >= 0.6 is 34.2 Å². The van der Waals surface area contributed by atoms with Crippen molar-refractivity contribution in [1.29, 1.82) is 0 Å². The lowest BCUT2D eigenvalue weighted by Crippen LogP contribution is -2.29. The van der Waals surface area contributed by atoms with Gasteiger partial charge in [-0.2, -0.15) is 5.10 Å². The molecule has 25 heavy (non-hydrogen) atoms. The van der Waals surface area contributed by atoms with Gasteiger partial charge in [-0.3, -0.25) is 9.59 Å². The molecule has 3 rings (SSSR count). The van der Waals surface area contributed by atoms with Crippen LogP contribution in [0.1, 0.15) is 0 Å². The van der Waals surface area contributed by atoms with E-state index in [-0.39, 0.29) is 18.0 Å². The fraction of sp³-hybridized carbons (Fsp3) is 0.0556. The maximum atomic E-state index is 12.2. The Hall–Kier alpha value is -2.19. The lowest BCUT2D eigenvalue weighted by Gasteiger charge is -2.09. The number of anilines is 1. The summed E-state index contributed by atoms with van der Waals surface area (Å²) < 4.78 is 2.10. The first-order valence-corrected chi connectivity index (χ1v) is 8.87. The number of aromatic nitrogens is 2. The van der Waals surface area contributed by atoms with Gasteiger partial charge in [0, 0.05) is 15.2 Å². The van der Waals surface area contributed by atoms with E-state index in [0.717, 1.165) is 13.8 Å². The number of halogens is 2. The van der Waals surface area contributed by atoms with Gasteiger partial charge in [0.2, 0.25) is 5.91 Å². The molecule has 0 aliphatic carbocycles. The van der Waals surface area contributed by atoms with E-state index < -0.39 is 0 Å². The van der Waals surface area contributed by atoms with E-state index in [2.05, 4.69) is 33.0 Å². The molecule has 3 aromatic rings. The first-order valence-electron chi connectivity index (χ1n) is 7.41. The summed E-state index contributed by atoms with van der Waals surface area (Å²) in [6, 6.07) is 17.8. The third kappa shape index (κ3) is 4.46. The number of benzene rings is 2. The Labute approximate surface area is 162 Å². The maximum Gasteiger partial charge on any atom is 0.267 e. The second-order valence-electron chi connectivity index (χ2n) is 5.25. The number of carbonyl (C=O) groups excluding carboxylic acids is 1. The molecule has 0 unspecified atom stereocenters. The standard InChI is InChI=1S/C18H13ClIN3O2/c19-14-10-13(20)6-7-16(14)21-17(24)11-23-18(25)9-8-15(22-23)12-4-2-1-3-5-12/h1-10H,11H2,(H,21,24). The quantitative estimate of drug-likeness (QED) is 0.596. The smallest absolute Gasteiger partial charge is 0.267 e. The zero-order chi connectivity index (χ0) is 17.8. The van der Waals surface area contributed by atoms with Gasteiger partial charge in [-0.25, -0.2) is 4.68 Å². The molecular weight excluding hydrogens is 453 g/mol. The molecule has 0 saturated carbocycles. The van der Waals surface area contributed by atoms with Gasteiger partial charge in [0.1, 0.15) is 6.54 Å². The molecule has 1 heterocycles. The van der Waals surface area contributed by atoms with Crippen LogP contribution in [0.3, 0.4) is 0 Å². The van der Waals surface area contributed by atoms with Crippen LogP contribution in [0.4, 0.5) is 5.69 Å². The van der Waals surface area contributed by atoms with E-state index in [1.165, 1.54) is 6.07 Å². The molecule has 0 radical (unpaired) electrons. The Bertz CT molecular complexity index is 974. The average molecular weight is 466 g/mol. The largest absolute Gasteiger partial charge is 0.323 e. The number of hydrogen-bond donors (Lipinski definition) is 1. The molecule has 7 heteroatoms. The van der Waals surface area contributed by atoms with E-state index in [4.69, 9.17) is 11.6 Å². The summed E-state index contributed by atoms with van der Waals surface area (Å²) in [7, 11) is 0. The van der Waals surface area contributed by atoms with Gasteiger partial charge in [-0.1, -0.05) is 41.9 Å². The van der Waals surface area contributed by atoms with Gasteiger partial charge >= 0.3 is 0 Å². The maximum absolute atomic E-state index is 12.2. The Morgan fingerprint density at radius 3 is 2.60 bits per heavy atom. The van der Waals surface area contributed by atoms with Gasteiger partial charge in [0.15, 0.2) is 0 Å².